The second-order valence-electron chi connectivity index (χ2n) is 7.74. The molecule has 1 heterocycles. The third-order valence-corrected chi connectivity index (χ3v) is 4.72. The average Bonchev–Trinajstić information content (AvgIpc) is 3.23. The Labute approximate surface area is 175 Å². The monoisotopic (exact) mass is 411 g/mol. The molecule has 2 N–H and O–H groups in total. The molecule has 0 radical (unpaired) electrons. The lowest BCUT2D eigenvalue weighted by molar-refractivity contribution is -0.135. The van der Waals surface area contributed by atoms with Gasteiger partial charge in [0.1, 0.15) is 11.9 Å². The molecule has 0 fully saturated rings. The van der Waals surface area contributed by atoms with Crippen molar-refractivity contribution in [2.75, 3.05) is 6.54 Å². The molecule has 0 bridgehead atoms. The number of benzene rings is 2. The molecule has 0 spiro atoms. The van der Waals surface area contributed by atoms with Gasteiger partial charge in [-0.2, -0.15) is 0 Å². The largest absolute Gasteiger partial charge is 0.382 e. The summed E-state index contributed by atoms with van der Waals surface area (Å²) in [5.41, 5.74) is 2.01. The highest BCUT2D eigenvalue weighted by Crippen LogP contribution is 2.18. The van der Waals surface area contributed by atoms with Gasteiger partial charge >= 0.3 is 0 Å². The number of carbonyl (C=O) groups is 2. The number of carbonyl (C=O) groups excluding carboxylic acids is 2. The van der Waals surface area contributed by atoms with Crippen LogP contribution in [0.1, 0.15) is 31.4 Å². The Hall–Kier alpha value is -3.22. The number of amides is 2. The van der Waals surface area contributed by atoms with Crippen LogP contribution in [0, 0.1) is 11.7 Å². The molecule has 3 rings (SSSR count). The van der Waals surface area contributed by atoms with Gasteiger partial charge in [-0.25, -0.2) is 4.39 Å². The molecule has 0 aromatic heterocycles. The van der Waals surface area contributed by atoms with Crippen LogP contribution >= 0.6 is 0 Å². The van der Waals surface area contributed by atoms with Gasteiger partial charge in [0.25, 0.3) is 5.91 Å². The van der Waals surface area contributed by atoms with Crippen LogP contribution in [0.5, 0.6) is 0 Å². The zero-order chi connectivity index (χ0) is 21.5. The lowest BCUT2D eigenvalue weighted by Crippen LogP contribution is -2.51. The fourth-order valence-corrected chi connectivity index (χ4v) is 3.11. The average molecular weight is 411 g/mol. The third-order valence-electron chi connectivity index (χ3n) is 4.72. The first-order valence-corrected chi connectivity index (χ1v) is 10.0. The zero-order valence-corrected chi connectivity index (χ0v) is 17.1. The molecule has 30 heavy (non-hydrogen) atoms. The molecule has 0 saturated carbocycles. The lowest BCUT2D eigenvalue weighted by atomic mass is 10.0. The lowest BCUT2D eigenvalue weighted by Gasteiger charge is -2.20. The summed E-state index contributed by atoms with van der Waals surface area (Å²) in [6.07, 6.45) is -0.290. The maximum atomic E-state index is 13.5. The highest BCUT2D eigenvalue weighted by Gasteiger charge is 2.32. The second-order valence-corrected chi connectivity index (χ2v) is 7.74. The van der Waals surface area contributed by atoms with Crippen LogP contribution in [0.2, 0.25) is 0 Å². The van der Waals surface area contributed by atoms with Crippen LogP contribution in [0.4, 0.5) is 4.39 Å². The normalized spacial score (nSPS) is 16.5. The van der Waals surface area contributed by atoms with Crippen molar-refractivity contribution in [3.8, 4) is 0 Å². The minimum Gasteiger partial charge on any atom is -0.382 e. The predicted molar refractivity (Wildman–Crippen MR) is 112 cm³/mol. The highest BCUT2D eigenvalue weighted by molar-refractivity contribution is 6.04. The zero-order valence-electron chi connectivity index (χ0n) is 17.1. The van der Waals surface area contributed by atoms with Crippen LogP contribution in [0.15, 0.2) is 59.8 Å². The maximum Gasteiger partial charge on any atom is 0.265 e. The Morgan fingerprint density at radius 1 is 1.17 bits per heavy atom. The first-order chi connectivity index (χ1) is 14.4. The van der Waals surface area contributed by atoms with Crippen LogP contribution in [-0.4, -0.2) is 36.2 Å². The van der Waals surface area contributed by atoms with Gasteiger partial charge < -0.3 is 15.5 Å². The Kier molecular flexibility index (Phi) is 7.17. The van der Waals surface area contributed by atoms with Crippen LogP contribution < -0.4 is 10.6 Å². The summed E-state index contributed by atoms with van der Waals surface area (Å²) in [7, 11) is 0. The summed E-state index contributed by atoms with van der Waals surface area (Å²) in [5, 5.41) is 9.60. The van der Waals surface area contributed by atoms with Gasteiger partial charge in [-0.05, 0) is 23.6 Å². The number of nitrogens with one attached hydrogen (secondary N) is 2. The third kappa shape index (κ3) is 5.89. The molecule has 2 atom stereocenters. The minimum absolute atomic E-state index is 0.209. The van der Waals surface area contributed by atoms with Crippen LogP contribution in [-0.2, 0) is 20.8 Å². The number of oxime groups is 1. The van der Waals surface area contributed by atoms with E-state index in [-0.39, 0.29) is 18.1 Å². The minimum atomic E-state index is -0.862. The van der Waals surface area contributed by atoms with Crippen molar-refractivity contribution < 1.29 is 18.8 Å². The molecule has 1 aliphatic rings. The second kappa shape index (κ2) is 10.0. The maximum absolute atomic E-state index is 13.5. The van der Waals surface area contributed by atoms with E-state index in [9.17, 15) is 14.0 Å². The SMILES string of the molecule is CC(C)CNC(=O)[C@@H](Cc1ccccc1)NC(=O)[C@H]1CC(c2cccc(F)c2)=NO1. The topological polar surface area (TPSA) is 79.8 Å². The number of halogens is 1. The van der Waals surface area contributed by atoms with Crippen molar-refractivity contribution in [3.05, 3.63) is 71.5 Å². The molecule has 2 aromatic carbocycles. The Bertz CT molecular complexity index is 915. The summed E-state index contributed by atoms with van der Waals surface area (Å²) in [4.78, 5) is 30.7. The molecule has 2 aromatic rings. The highest BCUT2D eigenvalue weighted by atomic mass is 19.1. The van der Waals surface area contributed by atoms with E-state index < -0.39 is 18.1 Å². The molecule has 0 saturated heterocycles. The van der Waals surface area contributed by atoms with Gasteiger partial charge in [0.15, 0.2) is 0 Å². The molecule has 6 nitrogen and oxygen atoms in total. The molecular formula is C23H26FN3O3. The first-order valence-electron chi connectivity index (χ1n) is 10.0. The van der Waals surface area contributed by atoms with Crippen molar-refractivity contribution >= 4 is 17.5 Å². The molecule has 2 amide bonds. The van der Waals surface area contributed by atoms with Crippen LogP contribution in [0.25, 0.3) is 0 Å². The van der Waals surface area contributed by atoms with E-state index in [1.807, 2.05) is 44.2 Å². The van der Waals surface area contributed by atoms with Gasteiger partial charge in [0, 0.05) is 24.9 Å². The smallest absolute Gasteiger partial charge is 0.265 e. The van der Waals surface area contributed by atoms with Crippen molar-refractivity contribution in [2.45, 2.75) is 38.8 Å². The van der Waals surface area contributed by atoms with Crippen molar-refractivity contribution in [3.63, 3.8) is 0 Å². The standard InChI is InChI=1S/C23H26FN3O3/c1-15(2)14-25-22(28)20(11-16-7-4-3-5-8-16)26-23(29)21-13-19(27-30-21)17-9-6-10-18(24)12-17/h3-10,12,15,20-21H,11,13-14H2,1-2H3,(H,25,28)(H,26,29)/t20-,21-/m1/s1. The van der Waals surface area contributed by atoms with E-state index in [1.54, 1.807) is 12.1 Å². The molecule has 0 unspecified atom stereocenters. The summed E-state index contributed by atoms with van der Waals surface area (Å²) >= 11 is 0. The fourth-order valence-electron chi connectivity index (χ4n) is 3.11. The summed E-state index contributed by atoms with van der Waals surface area (Å²) < 4.78 is 13.5. The van der Waals surface area contributed by atoms with Gasteiger partial charge in [0.05, 0.1) is 5.71 Å². The fraction of sp³-hybridized carbons (Fsp3) is 0.348. The molecule has 158 valence electrons. The van der Waals surface area contributed by atoms with Crippen LogP contribution in [0.3, 0.4) is 0 Å². The Morgan fingerprint density at radius 3 is 2.63 bits per heavy atom. The first kappa shape index (κ1) is 21.5. The van der Waals surface area contributed by atoms with Crippen molar-refractivity contribution in [1.29, 1.82) is 0 Å². The predicted octanol–water partition coefficient (Wildman–Crippen LogP) is 2.82. The molecule has 7 heteroatoms. The number of hydrogen-bond acceptors (Lipinski definition) is 4. The molecule has 1 aliphatic heterocycles. The van der Waals surface area contributed by atoms with Crippen molar-refractivity contribution in [2.24, 2.45) is 11.1 Å². The molecular weight excluding hydrogens is 385 g/mol. The van der Waals surface area contributed by atoms with Crippen molar-refractivity contribution in [1.82, 2.24) is 10.6 Å². The Morgan fingerprint density at radius 2 is 1.93 bits per heavy atom. The summed E-state index contributed by atoms with van der Waals surface area (Å²) in [6.45, 7) is 4.53. The van der Waals surface area contributed by atoms with Gasteiger partial charge in [-0.1, -0.05) is 61.5 Å². The van der Waals surface area contributed by atoms with E-state index in [1.165, 1.54) is 12.1 Å². The van der Waals surface area contributed by atoms with E-state index >= 15 is 0 Å². The number of nitrogens with zero attached hydrogens (tertiary/aromatic N) is 1. The van der Waals surface area contributed by atoms with E-state index in [4.69, 9.17) is 4.84 Å². The summed E-state index contributed by atoms with van der Waals surface area (Å²) in [5.74, 6) is -0.758. The molecule has 0 aliphatic carbocycles. The van der Waals surface area contributed by atoms with E-state index in [2.05, 4.69) is 15.8 Å². The number of hydrogen-bond donors (Lipinski definition) is 2. The van der Waals surface area contributed by atoms with Gasteiger partial charge in [0.2, 0.25) is 12.0 Å². The number of rotatable bonds is 8. The van der Waals surface area contributed by atoms with E-state index in [0.717, 1.165) is 5.56 Å². The van der Waals surface area contributed by atoms with Gasteiger partial charge in [-0.15, -0.1) is 0 Å². The van der Waals surface area contributed by atoms with E-state index in [0.29, 0.717) is 30.2 Å². The quantitative estimate of drug-likeness (QED) is 0.701. The van der Waals surface area contributed by atoms with Gasteiger partial charge in [-0.3, -0.25) is 9.59 Å². The Balaban J connectivity index is 1.64. The summed E-state index contributed by atoms with van der Waals surface area (Å²) in [6, 6.07) is 14.7.